The molecule has 2 saturated carbocycles. The minimum absolute atomic E-state index is 0.00368. The van der Waals surface area contributed by atoms with Gasteiger partial charge in [0.15, 0.2) is 0 Å². The molecule has 6 heteroatoms. The summed E-state index contributed by atoms with van der Waals surface area (Å²) < 4.78 is 26.6. The van der Waals surface area contributed by atoms with Gasteiger partial charge in [-0.1, -0.05) is 6.42 Å². The van der Waals surface area contributed by atoms with E-state index in [-0.39, 0.29) is 24.2 Å². The van der Waals surface area contributed by atoms with Crippen LogP contribution in [-0.4, -0.2) is 21.7 Å². The summed E-state index contributed by atoms with van der Waals surface area (Å²) in [4.78, 5) is 12.2. The molecule has 4 nitrogen and oxygen atoms in total. The summed E-state index contributed by atoms with van der Waals surface area (Å²) in [6.45, 7) is 3.75. The number of hydrogen-bond donors (Lipinski definition) is 1. The number of halogens is 2. The molecule has 2 aliphatic rings. The molecule has 0 aromatic carbocycles. The number of aromatic nitrogens is 2. The van der Waals surface area contributed by atoms with Crippen LogP contribution in [0.15, 0.2) is 6.07 Å². The number of alkyl halides is 2. The fourth-order valence-electron chi connectivity index (χ4n) is 4.25. The summed E-state index contributed by atoms with van der Waals surface area (Å²) in [5, 5.41) is 6.83. The van der Waals surface area contributed by atoms with Crippen molar-refractivity contribution < 1.29 is 13.6 Å². The lowest BCUT2D eigenvalue weighted by Gasteiger charge is -2.28. The van der Waals surface area contributed by atoms with Crippen molar-refractivity contribution in [3.05, 3.63) is 17.5 Å². The summed E-state index contributed by atoms with van der Waals surface area (Å²) in [5.74, 6) is 2.01. The van der Waals surface area contributed by atoms with Crippen LogP contribution in [0.4, 0.5) is 8.78 Å². The van der Waals surface area contributed by atoms with Crippen LogP contribution in [-0.2, 0) is 11.3 Å². The zero-order valence-corrected chi connectivity index (χ0v) is 13.1. The minimum Gasteiger partial charge on any atom is -0.352 e. The molecule has 0 spiro atoms. The minimum atomic E-state index is -2.60. The third kappa shape index (κ3) is 3.01. The number of rotatable bonds is 5. The van der Waals surface area contributed by atoms with Gasteiger partial charge in [0.2, 0.25) is 5.91 Å². The van der Waals surface area contributed by atoms with Crippen LogP contribution in [0, 0.1) is 24.7 Å². The Labute approximate surface area is 129 Å². The van der Waals surface area contributed by atoms with Crippen molar-refractivity contribution in [1.29, 1.82) is 0 Å². The molecule has 0 saturated heterocycles. The number of carbonyl (C=O) groups is 1. The van der Waals surface area contributed by atoms with Gasteiger partial charge in [0.25, 0.3) is 6.43 Å². The Morgan fingerprint density at radius 2 is 2.23 bits per heavy atom. The van der Waals surface area contributed by atoms with E-state index in [1.165, 1.54) is 36.4 Å². The zero-order valence-electron chi connectivity index (χ0n) is 13.1. The zero-order chi connectivity index (χ0) is 15.9. The third-order valence-electron chi connectivity index (χ3n) is 5.34. The van der Waals surface area contributed by atoms with Gasteiger partial charge >= 0.3 is 0 Å². The normalized spacial score (nSPS) is 28.3. The highest BCUT2D eigenvalue weighted by molar-refractivity contribution is 5.76. The first-order valence-corrected chi connectivity index (χ1v) is 8.06. The molecule has 3 rings (SSSR count). The van der Waals surface area contributed by atoms with E-state index in [2.05, 4.69) is 17.3 Å². The van der Waals surface area contributed by atoms with E-state index in [9.17, 15) is 13.6 Å². The van der Waals surface area contributed by atoms with Crippen molar-refractivity contribution in [2.24, 2.45) is 17.8 Å². The molecule has 1 amide bonds. The van der Waals surface area contributed by atoms with E-state index in [0.717, 1.165) is 11.8 Å². The first-order chi connectivity index (χ1) is 10.4. The van der Waals surface area contributed by atoms with Crippen LogP contribution in [0.5, 0.6) is 0 Å². The molecule has 0 aliphatic heterocycles. The molecular weight excluding hydrogens is 288 g/mol. The van der Waals surface area contributed by atoms with Gasteiger partial charge in [0.1, 0.15) is 12.2 Å². The molecular formula is C16H23F2N3O. The van der Waals surface area contributed by atoms with Gasteiger partial charge in [0.05, 0.1) is 0 Å². The second kappa shape index (κ2) is 5.97. The Hall–Kier alpha value is -1.46. The summed E-state index contributed by atoms with van der Waals surface area (Å²) in [6.07, 6.45) is 2.54. The third-order valence-corrected chi connectivity index (χ3v) is 5.34. The van der Waals surface area contributed by atoms with Crippen molar-refractivity contribution in [2.75, 3.05) is 0 Å². The number of hydrogen-bond acceptors (Lipinski definition) is 2. The Bertz CT molecular complexity index is 558. The largest absolute Gasteiger partial charge is 0.352 e. The van der Waals surface area contributed by atoms with Gasteiger partial charge in [-0.3, -0.25) is 9.48 Å². The Morgan fingerprint density at radius 1 is 1.45 bits per heavy atom. The molecule has 0 radical (unpaired) electrons. The number of aryl methyl sites for hydroxylation is 1. The van der Waals surface area contributed by atoms with Crippen LogP contribution in [0.3, 0.4) is 0 Å². The molecule has 1 heterocycles. The maximum atomic E-state index is 12.6. The lowest BCUT2D eigenvalue weighted by atomic mass is 9.84. The van der Waals surface area contributed by atoms with Crippen molar-refractivity contribution in [2.45, 2.75) is 58.5 Å². The van der Waals surface area contributed by atoms with Gasteiger partial charge in [-0.25, -0.2) is 8.78 Å². The molecule has 1 N–H and O–H groups in total. The highest BCUT2D eigenvalue weighted by Gasteiger charge is 2.42. The molecule has 122 valence electrons. The van der Waals surface area contributed by atoms with E-state index in [1.54, 1.807) is 6.92 Å². The lowest BCUT2D eigenvalue weighted by Crippen LogP contribution is -2.41. The molecule has 4 atom stereocenters. The second-order valence-corrected chi connectivity index (χ2v) is 6.86. The second-order valence-electron chi connectivity index (χ2n) is 6.86. The number of nitrogens with zero attached hydrogens (tertiary/aromatic N) is 2. The van der Waals surface area contributed by atoms with Crippen molar-refractivity contribution in [1.82, 2.24) is 15.1 Å². The molecule has 2 bridgehead atoms. The van der Waals surface area contributed by atoms with Crippen LogP contribution in [0.2, 0.25) is 0 Å². The fraction of sp³-hybridized carbons (Fsp3) is 0.750. The van der Waals surface area contributed by atoms with Crippen LogP contribution in [0.25, 0.3) is 0 Å². The summed E-state index contributed by atoms with van der Waals surface area (Å²) in [5.41, 5.74) is 0.310. The number of fused-ring (bicyclic) bond motifs is 2. The topological polar surface area (TPSA) is 46.9 Å². The van der Waals surface area contributed by atoms with Crippen LogP contribution >= 0.6 is 0 Å². The van der Waals surface area contributed by atoms with Gasteiger partial charge in [-0.2, -0.15) is 5.10 Å². The summed E-state index contributed by atoms with van der Waals surface area (Å²) >= 11 is 0. The standard InChI is InChI=1S/C16H23F2N3O/c1-9-5-14(16(17)18)20-21(9)8-15(22)19-10(2)13-7-11-3-4-12(13)6-11/h5,10-13,16H,3-4,6-8H2,1-2H3,(H,19,22)/t10-,11+,12+,13-/m0/s1. The fourth-order valence-corrected chi connectivity index (χ4v) is 4.25. The highest BCUT2D eigenvalue weighted by Crippen LogP contribution is 2.49. The van der Waals surface area contributed by atoms with Crippen LogP contribution < -0.4 is 5.32 Å². The van der Waals surface area contributed by atoms with Gasteiger partial charge < -0.3 is 5.32 Å². The molecule has 22 heavy (non-hydrogen) atoms. The van der Waals surface area contributed by atoms with Gasteiger partial charge in [-0.05, 0) is 56.9 Å². The predicted molar refractivity (Wildman–Crippen MR) is 78.5 cm³/mol. The molecule has 2 aliphatic carbocycles. The van der Waals surface area contributed by atoms with E-state index in [0.29, 0.717) is 11.6 Å². The molecule has 1 aromatic heterocycles. The van der Waals surface area contributed by atoms with Gasteiger partial charge in [-0.15, -0.1) is 0 Å². The number of nitrogens with one attached hydrogen (secondary N) is 1. The highest BCUT2D eigenvalue weighted by atomic mass is 19.3. The van der Waals surface area contributed by atoms with Gasteiger partial charge in [0, 0.05) is 11.7 Å². The average Bonchev–Trinajstić information content (AvgIpc) is 3.14. The van der Waals surface area contributed by atoms with E-state index in [4.69, 9.17) is 0 Å². The predicted octanol–water partition coefficient (Wildman–Crippen LogP) is 3.07. The van der Waals surface area contributed by atoms with Crippen molar-refractivity contribution in [3.8, 4) is 0 Å². The van der Waals surface area contributed by atoms with E-state index in [1.807, 2.05) is 0 Å². The molecule has 1 aromatic rings. The Kier molecular flexibility index (Phi) is 4.19. The SMILES string of the molecule is Cc1cc(C(F)F)nn1CC(=O)N[C@@H](C)[C@@H]1C[C@@H]2CC[C@@H]1C2. The first-order valence-electron chi connectivity index (χ1n) is 8.06. The summed E-state index contributed by atoms with van der Waals surface area (Å²) in [6, 6.07) is 1.48. The molecule has 0 unspecified atom stereocenters. The number of amides is 1. The maximum absolute atomic E-state index is 12.6. The quantitative estimate of drug-likeness (QED) is 0.908. The van der Waals surface area contributed by atoms with E-state index >= 15 is 0 Å². The maximum Gasteiger partial charge on any atom is 0.282 e. The first kappa shape index (κ1) is 15.4. The van der Waals surface area contributed by atoms with E-state index < -0.39 is 6.43 Å². The van der Waals surface area contributed by atoms with Crippen molar-refractivity contribution >= 4 is 5.91 Å². The Morgan fingerprint density at radius 3 is 2.77 bits per heavy atom. The number of carbonyl (C=O) groups excluding carboxylic acids is 1. The lowest BCUT2D eigenvalue weighted by molar-refractivity contribution is -0.123. The van der Waals surface area contributed by atoms with Crippen molar-refractivity contribution in [3.63, 3.8) is 0 Å². The Balaban J connectivity index is 1.56. The smallest absolute Gasteiger partial charge is 0.282 e. The monoisotopic (exact) mass is 311 g/mol. The molecule has 2 fully saturated rings. The average molecular weight is 311 g/mol. The summed E-state index contributed by atoms with van der Waals surface area (Å²) in [7, 11) is 0. The van der Waals surface area contributed by atoms with Crippen LogP contribution in [0.1, 0.15) is 50.4 Å².